The fourth-order valence-electron chi connectivity index (χ4n) is 2.75. The van der Waals surface area contributed by atoms with E-state index in [9.17, 15) is 0 Å². The molecule has 2 aromatic rings. The molecule has 0 amide bonds. The Bertz CT molecular complexity index is 559. The van der Waals surface area contributed by atoms with Gasteiger partial charge in [0.05, 0.1) is 6.20 Å². The van der Waals surface area contributed by atoms with Gasteiger partial charge in [0.25, 0.3) is 0 Å². The van der Waals surface area contributed by atoms with Crippen LogP contribution in [0, 0.1) is 6.92 Å². The average Bonchev–Trinajstić information content (AvgIpc) is 2.74. The fourth-order valence-corrected chi connectivity index (χ4v) is 2.75. The topological polar surface area (TPSA) is 47.1 Å². The Labute approximate surface area is 121 Å². The maximum absolute atomic E-state index is 6.22. The van der Waals surface area contributed by atoms with Crippen LogP contribution in [0.2, 0.25) is 0 Å². The molecular weight excluding hydrogens is 248 g/mol. The van der Waals surface area contributed by atoms with Crippen LogP contribution in [0.15, 0.2) is 36.7 Å². The SMILES string of the molecule is Cc1cccc(C(C(C)N)N(C)Cc2cnn(C)c2)c1. The summed E-state index contributed by atoms with van der Waals surface area (Å²) in [5, 5.41) is 4.22. The standard InChI is InChI=1S/C16H24N4/c1-12-6-5-7-15(8-12)16(13(2)17)19(3)10-14-9-18-20(4)11-14/h5-9,11,13,16H,10,17H2,1-4H3. The highest BCUT2D eigenvalue weighted by Crippen LogP contribution is 2.24. The summed E-state index contributed by atoms with van der Waals surface area (Å²) in [6, 6.07) is 8.85. The van der Waals surface area contributed by atoms with Gasteiger partial charge in [-0.3, -0.25) is 9.58 Å². The van der Waals surface area contributed by atoms with Crippen LogP contribution in [0.3, 0.4) is 0 Å². The number of aryl methyl sites for hydroxylation is 2. The molecule has 20 heavy (non-hydrogen) atoms. The van der Waals surface area contributed by atoms with Crippen LogP contribution in [0.5, 0.6) is 0 Å². The Balaban J connectivity index is 2.20. The number of nitrogens with zero attached hydrogens (tertiary/aromatic N) is 3. The van der Waals surface area contributed by atoms with Crippen LogP contribution in [0.4, 0.5) is 0 Å². The minimum Gasteiger partial charge on any atom is -0.326 e. The molecule has 0 aliphatic heterocycles. The van der Waals surface area contributed by atoms with E-state index in [4.69, 9.17) is 5.73 Å². The van der Waals surface area contributed by atoms with Gasteiger partial charge in [-0.25, -0.2) is 0 Å². The molecule has 2 unspecified atom stereocenters. The molecule has 1 heterocycles. The van der Waals surface area contributed by atoms with Gasteiger partial charge in [0.15, 0.2) is 0 Å². The Morgan fingerprint density at radius 3 is 2.70 bits per heavy atom. The minimum absolute atomic E-state index is 0.0680. The Hall–Kier alpha value is -1.65. The Morgan fingerprint density at radius 1 is 1.40 bits per heavy atom. The molecule has 108 valence electrons. The number of hydrogen-bond donors (Lipinski definition) is 1. The highest BCUT2D eigenvalue weighted by Gasteiger charge is 2.21. The molecule has 0 saturated heterocycles. The molecule has 0 radical (unpaired) electrons. The van der Waals surface area contributed by atoms with E-state index >= 15 is 0 Å². The number of nitrogens with two attached hydrogens (primary N) is 1. The largest absolute Gasteiger partial charge is 0.326 e. The first-order valence-electron chi connectivity index (χ1n) is 6.97. The maximum Gasteiger partial charge on any atom is 0.0534 e. The van der Waals surface area contributed by atoms with Crippen molar-refractivity contribution >= 4 is 0 Å². The van der Waals surface area contributed by atoms with E-state index in [1.54, 1.807) is 0 Å². The number of benzene rings is 1. The smallest absolute Gasteiger partial charge is 0.0534 e. The number of hydrogen-bond acceptors (Lipinski definition) is 3. The molecule has 1 aromatic heterocycles. The summed E-state index contributed by atoms with van der Waals surface area (Å²) in [7, 11) is 4.05. The van der Waals surface area contributed by atoms with Crippen molar-refractivity contribution in [1.82, 2.24) is 14.7 Å². The molecule has 2 N–H and O–H groups in total. The molecule has 2 atom stereocenters. The average molecular weight is 272 g/mol. The van der Waals surface area contributed by atoms with E-state index in [0.717, 1.165) is 6.54 Å². The van der Waals surface area contributed by atoms with Crippen LogP contribution >= 0.6 is 0 Å². The van der Waals surface area contributed by atoms with Crippen molar-refractivity contribution in [2.24, 2.45) is 12.8 Å². The third kappa shape index (κ3) is 3.46. The highest BCUT2D eigenvalue weighted by atomic mass is 15.2. The molecule has 4 nitrogen and oxygen atoms in total. The second-order valence-electron chi connectivity index (χ2n) is 5.66. The summed E-state index contributed by atoms with van der Waals surface area (Å²) in [6.45, 7) is 5.02. The summed E-state index contributed by atoms with van der Waals surface area (Å²) < 4.78 is 1.83. The van der Waals surface area contributed by atoms with Crippen molar-refractivity contribution in [3.8, 4) is 0 Å². The van der Waals surface area contributed by atoms with E-state index < -0.39 is 0 Å². The minimum atomic E-state index is 0.0680. The van der Waals surface area contributed by atoms with Crippen molar-refractivity contribution in [2.75, 3.05) is 7.05 Å². The lowest BCUT2D eigenvalue weighted by atomic mass is 9.98. The predicted octanol–water partition coefficient (Wildman–Crippen LogP) is 2.25. The van der Waals surface area contributed by atoms with Gasteiger partial charge >= 0.3 is 0 Å². The van der Waals surface area contributed by atoms with Crippen molar-refractivity contribution in [3.05, 3.63) is 53.3 Å². The third-order valence-corrected chi connectivity index (χ3v) is 3.55. The van der Waals surface area contributed by atoms with Gasteiger partial charge in [0.2, 0.25) is 0 Å². The first-order chi connectivity index (χ1) is 9.47. The van der Waals surface area contributed by atoms with E-state index in [0.29, 0.717) is 0 Å². The molecule has 0 fully saturated rings. The van der Waals surface area contributed by atoms with Crippen molar-refractivity contribution in [3.63, 3.8) is 0 Å². The molecule has 0 spiro atoms. The number of aromatic nitrogens is 2. The van der Waals surface area contributed by atoms with Gasteiger partial charge in [-0.1, -0.05) is 29.8 Å². The van der Waals surface area contributed by atoms with Gasteiger partial charge in [-0.2, -0.15) is 5.10 Å². The highest BCUT2D eigenvalue weighted by molar-refractivity contribution is 5.26. The van der Waals surface area contributed by atoms with Gasteiger partial charge in [0, 0.05) is 37.4 Å². The monoisotopic (exact) mass is 272 g/mol. The van der Waals surface area contributed by atoms with Crippen LogP contribution in [0.1, 0.15) is 29.7 Å². The molecule has 4 heteroatoms. The van der Waals surface area contributed by atoms with Gasteiger partial charge < -0.3 is 5.73 Å². The van der Waals surface area contributed by atoms with Crippen molar-refractivity contribution < 1.29 is 0 Å². The molecule has 2 rings (SSSR count). The Kier molecular flexibility index (Phi) is 4.57. The first kappa shape index (κ1) is 14.8. The fraction of sp³-hybridized carbons (Fsp3) is 0.438. The second kappa shape index (κ2) is 6.20. The lowest BCUT2D eigenvalue weighted by Crippen LogP contribution is -2.36. The zero-order chi connectivity index (χ0) is 14.7. The lowest BCUT2D eigenvalue weighted by molar-refractivity contribution is 0.211. The van der Waals surface area contributed by atoms with Gasteiger partial charge in [-0.15, -0.1) is 0 Å². The van der Waals surface area contributed by atoms with Crippen LogP contribution in [-0.4, -0.2) is 27.8 Å². The molecule has 0 bridgehead atoms. The Morgan fingerprint density at radius 2 is 2.15 bits per heavy atom. The summed E-state index contributed by atoms with van der Waals surface area (Å²) in [6.07, 6.45) is 3.95. The first-order valence-corrected chi connectivity index (χ1v) is 6.97. The van der Waals surface area contributed by atoms with Crippen LogP contribution in [0.25, 0.3) is 0 Å². The summed E-state index contributed by atoms with van der Waals surface area (Å²) in [4.78, 5) is 2.29. The van der Waals surface area contributed by atoms with E-state index in [1.807, 2.05) is 24.1 Å². The quantitative estimate of drug-likeness (QED) is 0.908. The second-order valence-corrected chi connectivity index (χ2v) is 5.66. The lowest BCUT2D eigenvalue weighted by Gasteiger charge is -2.31. The molecule has 0 aliphatic rings. The summed E-state index contributed by atoms with van der Waals surface area (Å²) in [5.41, 5.74) is 9.95. The van der Waals surface area contributed by atoms with E-state index in [-0.39, 0.29) is 12.1 Å². The zero-order valence-electron chi connectivity index (χ0n) is 12.7. The number of rotatable bonds is 5. The van der Waals surface area contributed by atoms with Crippen molar-refractivity contribution in [1.29, 1.82) is 0 Å². The molecule has 1 aromatic carbocycles. The maximum atomic E-state index is 6.22. The zero-order valence-corrected chi connectivity index (χ0v) is 12.7. The van der Waals surface area contributed by atoms with Crippen molar-refractivity contribution in [2.45, 2.75) is 32.5 Å². The third-order valence-electron chi connectivity index (χ3n) is 3.55. The van der Waals surface area contributed by atoms with E-state index in [2.05, 4.69) is 55.2 Å². The normalized spacial score (nSPS) is 14.5. The predicted molar refractivity (Wildman–Crippen MR) is 82.2 cm³/mol. The summed E-state index contributed by atoms with van der Waals surface area (Å²) in [5.74, 6) is 0. The van der Waals surface area contributed by atoms with Crippen LogP contribution in [-0.2, 0) is 13.6 Å². The molecule has 0 aliphatic carbocycles. The van der Waals surface area contributed by atoms with Gasteiger partial charge in [0.1, 0.15) is 0 Å². The molecular formula is C16H24N4. The summed E-state index contributed by atoms with van der Waals surface area (Å²) >= 11 is 0. The van der Waals surface area contributed by atoms with Gasteiger partial charge in [-0.05, 0) is 26.5 Å². The number of likely N-dealkylation sites (N-methyl/N-ethyl adjacent to an activating group) is 1. The van der Waals surface area contributed by atoms with Crippen LogP contribution < -0.4 is 5.73 Å². The molecule has 0 saturated carbocycles. The van der Waals surface area contributed by atoms with E-state index in [1.165, 1.54) is 16.7 Å².